The van der Waals surface area contributed by atoms with Crippen molar-refractivity contribution in [3.63, 3.8) is 0 Å². The van der Waals surface area contributed by atoms with Crippen LogP contribution in [-0.4, -0.2) is 44.7 Å². The maximum atomic E-state index is 5.44. The predicted octanol–water partition coefficient (Wildman–Crippen LogP) is 0.964. The van der Waals surface area contributed by atoms with Gasteiger partial charge >= 0.3 is 0 Å². The molecule has 0 aromatic heterocycles. The molecule has 0 amide bonds. The summed E-state index contributed by atoms with van der Waals surface area (Å²) in [5, 5.41) is 0. The Hall–Kier alpha value is -0.810. The quantitative estimate of drug-likeness (QED) is 0.214. The first-order chi connectivity index (χ1) is 7.76. The highest BCUT2D eigenvalue weighted by Crippen LogP contribution is 1.96. The molecule has 0 rings (SSSR count). The molecule has 0 aliphatic rings. The summed E-state index contributed by atoms with van der Waals surface area (Å²) in [5.74, 6) is 6.20. The number of methoxy groups -OCH3 is 1. The monoisotopic (exact) mass is 230 g/mol. The molecule has 0 aliphatic carbocycles. The van der Waals surface area contributed by atoms with Crippen LogP contribution in [0.4, 0.5) is 0 Å². The summed E-state index contributed by atoms with van der Waals surface area (Å²) in [6.45, 7) is 4.66. The molecule has 0 heterocycles. The molecule has 0 spiro atoms. The van der Waals surface area contributed by atoms with Crippen LogP contribution < -0.4 is 11.3 Å². The van der Waals surface area contributed by atoms with E-state index in [1.165, 1.54) is 19.3 Å². The third kappa shape index (κ3) is 7.48. The van der Waals surface area contributed by atoms with Gasteiger partial charge in [-0.2, -0.15) is 0 Å². The van der Waals surface area contributed by atoms with Crippen LogP contribution in [0.5, 0.6) is 0 Å². The topological polar surface area (TPSA) is 62.9 Å². The number of hydrazine groups is 1. The van der Waals surface area contributed by atoms with Gasteiger partial charge in [-0.15, -0.1) is 0 Å². The molecule has 0 aromatic carbocycles. The van der Waals surface area contributed by atoms with Crippen molar-refractivity contribution < 1.29 is 4.74 Å². The molecule has 96 valence electrons. The van der Waals surface area contributed by atoms with Gasteiger partial charge in [0.2, 0.25) is 5.96 Å². The highest BCUT2D eigenvalue weighted by Gasteiger charge is 2.03. The molecule has 0 unspecified atom stereocenters. The standard InChI is InChI=1S/C11H26N4O/c1-4-5-6-9-15(2)11(14-12)13-8-7-10-16-3/h4-10,12H2,1-3H3,(H,13,14). The van der Waals surface area contributed by atoms with Gasteiger partial charge in [0.1, 0.15) is 0 Å². The van der Waals surface area contributed by atoms with Crippen LogP contribution in [0.2, 0.25) is 0 Å². The lowest BCUT2D eigenvalue weighted by molar-refractivity contribution is 0.197. The van der Waals surface area contributed by atoms with Gasteiger partial charge in [-0.1, -0.05) is 19.8 Å². The minimum atomic E-state index is 0.737. The minimum Gasteiger partial charge on any atom is -0.385 e. The van der Waals surface area contributed by atoms with E-state index in [9.17, 15) is 0 Å². The number of nitrogens with zero attached hydrogens (tertiary/aromatic N) is 2. The first-order valence-electron chi connectivity index (χ1n) is 5.97. The molecule has 0 saturated heterocycles. The third-order valence-electron chi connectivity index (χ3n) is 2.36. The van der Waals surface area contributed by atoms with Gasteiger partial charge in [0.25, 0.3) is 0 Å². The zero-order chi connectivity index (χ0) is 12.2. The highest BCUT2D eigenvalue weighted by atomic mass is 16.5. The summed E-state index contributed by atoms with van der Waals surface area (Å²) in [7, 11) is 3.70. The van der Waals surface area contributed by atoms with Gasteiger partial charge in [-0.05, 0) is 12.8 Å². The lowest BCUT2D eigenvalue weighted by atomic mass is 10.2. The summed E-state index contributed by atoms with van der Waals surface area (Å²) >= 11 is 0. The molecular formula is C11H26N4O. The molecular weight excluding hydrogens is 204 g/mol. The number of aliphatic imine (C=N–C) groups is 1. The van der Waals surface area contributed by atoms with Crippen LogP contribution >= 0.6 is 0 Å². The lowest BCUT2D eigenvalue weighted by Gasteiger charge is -2.20. The molecule has 0 saturated carbocycles. The van der Waals surface area contributed by atoms with Crippen molar-refractivity contribution in [3.8, 4) is 0 Å². The van der Waals surface area contributed by atoms with Crippen LogP contribution in [0.3, 0.4) is 0 Å². The van der Waals surface area contributed by atoms with Crippen molar-refractivity contribution in [1.82, 2.24) is 10.3 Å². The Morgan fingerprint density at radius 1 is 1.38 bits per heavy atom. The van der Waals surface area contributed by atoms with Crippen molar-refractivity contribution >= 4 is 5.96 Å². The normalized spacial score (nSPS) is 11.6. The molecule has 0 bridgehead atoms. The second-order valence-electron chi connectivity index (χ2n) is 3.82. The van der Waals surface area contributed by atoms with E-state index >= 15 is 0 Å². The van der Waals surface area contributed by atoms with E-state index < -0.39 is 0 Å². The van der Waals surface area contributed by atoms with Gasteiger partial charge in [0, 0.05) is 33.9 Å². The molecule has 3 N–H and O–H groups in total. The van der Waals surface area contributed by atoms with Crippen molar-refractivity contribution in [3.05, 3.63) is 0 Å². The Balaban J connectivity index is 3.84. The van der Waals surface area contributed by atoms with Gasteiger partial charge < -0.3 is 9.64 Å². The Morgan fingerprint density at radius 2 is 2.12 bits per heavy atom. The summed E-state index contributed by atoms with van der Waals surface area (Å²) < 4.78 is 4.96. The number of ether oxygens (including phenoxy) is 1. The first kappa shape index (κ1) is 15.2. The van der Waals surface area contributed by atoms with Crippen LogP contribution in [0, 0.1) is 0 Å². The van der Waals surface area contributed by atoms with E-state index in [2.05, 4.69) is 22.2 Å². The van der Waals surface area contributed by atoms with Crippen molar-refractivity contribution in [2.75, 3.05) is 33.9 Å². The molecule has 0 atom stereocenters. The number of hydrogen-bond donors (Lipinski definition) is 2. The minimum absolute atomic E-state index is 0.737. The first-order valence-corrected chi connectivity index (χ1v) is 5.97. The number of hydrogen-bond acceptors (Lipinski definition) is 3. The molecule has 0 aromatic rings. The van der Waals surface area contributed by atoms with Gasteiger partial charge in [0.05, 0.1) is 0 Å². The van der Waals surface area contributed by atoms with Gasteiger partial charge in [-0.25, -0.2) is 5.84 Å². The molecule has 5 heteroatoms. The lowest BCUT2D eigenvalue weighted by Crippen LogP contribution is -2.43. The van der Waals surface area contributed by atoms with Gasteiger partial charge in [-0.3, -0.25) is 10.4 Å². The van der Waals surface area contributed by atoms with E-state index in [0.29, 0.717) is 0 Å². The van der Waals surface area contributed by atoms with E-state index in [1.807, 2.05) is 7.05 Å². The maximum Gasteiger partial charge on any atom is 0.208 e. The second-order valence-corrected chi connectivity index (χ2v) is 3.82. The number of nitrogens with one attached hydrogen (secondary N) is 1. The maximum absolute atomic E-state index is 5.44. The fraction of sp³-hybridized carbons (Fsp3) is 0.909. The summed E-state index contributed by atoms with van der Waals surface area (Å²) in [6.07, 6.45) is 4.56. The van der Waals surface area contributed by atoms with E-state index in [4.69, 9.17) is 10.6 Å². The Morgan fingerprint density at radius 3 is 2.69 bits per heavy atom. The number of guanidine groups is 1. The fourth-order valence-electron chi connectivity index (χ4n) is 1.38. The van der Waals surface area contributed by atoms with E-state index in [0.717, 1.165) is 32.1 Å². The SMILES string of the molecule is CCCCCN(C)C(=NCCCOC)NN. The van der Waals surface area contributed by atoms with Crippen LogP contribution in [0.15, 0.2) is 4.99 Å². The average molecular weight is 230 g/mol. The molecule has 0 aliphatic heterocycles. The molecule has 0 fully saturated rings. The zero-order valence-electron chi connectivity index (χ0n) is 10.8. The Kier molecular flexibility index (Phi) is 10.2. The largest absolute Gasteiger partial charge is 0.385 e. The third-order valence-corrected chi connectivity index (χ3v) is 2.36. The van der Waals surface area contributed by atoms with E-state index in [1.54, 1.807) is 7.11 Å². The highest BCUT2D eigenvalue weighted by molar-refractivity contribution is 5.79. The number of rotatable bonds is 8. The fourth-order valence-corrected chi connectivity index (χ4v) is 1.38. The molecule has 16 heavy (non-hydrogen) atoms. The number of unbranched alkanes of at least 4 members (excludes halogenated alkanes) is 2. The second kappa shape index (κ2) is 10.7. The smallest absolute Gasteiger partial charge is 0.208 e. The molecule has 0 radical (unpaired) electrons. The Bertz CT molecular complexity index is 185. The Labute approximate surface area is 99.0 Å². The predicted molar refractivity (Wildman–Crippen MR) is 68.3 cm³/mol. The van der Waals surface area contributed by atoms with E-state index in [-0.39, 0.29) is 0 Å². The summed E-state index contributed by atoms with van der Waals surface area (Å²) in [5.41, 5.74) is 2.64. The van der Waals surface area contributed by atoms with Crippen LogP contribution in [0.1, 0.15) is 32.6 Å². The van der Waals surface area contributed by atoms with Crippen molar-refractivity contribution in [2.24, 2.45) is 10.8 Å². The number of nitrogens with two attached hydrogens (primary N) is 1. The zero-order valence-corrected chi connectivity index (χ0v) is 10.8. The van der Waals surface area contributed by atoms with Crippen molar-refractivity contribution in [1.29, 1.82) is 0 Å². The van der Waals surface area contributed by atoms with Crippen LogP contribution in [-0.2, 0) is 4.74 Å². The summed E-state index contributed by atoms with van der Waals surface area (Å²) in [6, 6.07) is 0. The average Bonchev–Trinajstić information content (AvgIpc) is 2.29. The van der Waals surface area contributed by atoms with Crippen LogP contribution in [0.25, 0.3) is 0 Å². The van der Waals surface area contributed by atoms with Gasteiger partial charge in [0.15, 0.2) is 0 Å². The van der Waals surface area contributed by atoms with Crippen molar-refractivity contribution in [2.45, 2.75) is 32.6 Å². The molecule has 5 nitrogen and oxygen atoms in total. The summed E-state index contributed by atoms with van der Waals surface area (Å²) in [4.78, 5) is 6.44.